The van der Waals surface area contributed by atoms with E-state index >= 15 is 0 Å². The number of benzene rings is 1. The second kappa shape index (κ2) is 5.27. The highest BCUT2D eigenvalue weighted by atomic mass is 32.2. The van der Waals surface area contributed by atoms with Gasteiger partial charge in [0.25, 0.3) is 0 Å². The quantitative estimate of drug-likeness (QED) is 0.776. The molecule has 0 radical (unpaired) electrons. The highest BCUT2D eigenvalue weighted by Gasteiger charge is 2.04. The van der Waals surface area contributed by atoms with Crippen LogP contribution in [0.2, 0.25) is 0 Å². The normalized spacial score (nSPS) is 12.6. The average Bonchev–Trinajstić information content (AvgIpc) is 2.16. The van der Waals surface area contributed by atoms with Gasteiger partial charge in [0.2, 0.25) is 0 Å². The minimum atomic E-state index is 0.194. The van der Waals surface area contributed by atoms with Crippen LogP contribution in [0.4, 0.5) is 0 Å². The Morgan fingerprint density at radius 2 is 2.21 bits per heavy atom. The number of rotatable bonds is 4. The number of thioether (sulfide) groups is 1. The first-order chi connectivity index (χ1) is 6.67. The third kappa shape index (κ3) is 2.93. The van der Waals surface area contributed by atoms with Crippen molar-refractivity contribution < 1.29 is 4.74 Å². The van der Waals surface area contributed by atoms with Gasteiger partial charge >= 0.3 is 0 Å². The van der Waals surface area contributed by atoms with Crippen molar-refractivity contribution in [2.75, 3.05) is 13.4 Å². The molecular formula is C11H17NOS. The van der Waals surface area contributed by atoms with Crippen molar-refractivity contribution in [3.63, 3.8) is 0 Å². The van der Waals surface area contributed by atoms with E-state index in [-0.39, 0.29) is 6.04 Å². The summed E-state index contributed by atoms with van der Waals surface area (Å²) in [5.41, 5.74) is 6.97. The zero-order valence-corrected chi connectivity index (χ0v) is 9.73. The zero-order chi connectivity index (χ0) is 10.6. The maximum absolute atomic E-state index is 5.74. The number of nitrogens with two attached hydrogens (primary N) is 1. The van der Waals surface area contributed by atoms with E-state index in [0.29, 0.717) is 0 Å². The van der Waals surface area contributed by atoms with Crippen LogP contribution in [0.15, 0.2) is 23.1 Å². The molecule has 0 saturated heterocycles. The standard InChI is InChI=1S/C11H17NOS/c1-8(12)6-9-4-5-11(14-3)10(7-9)13-2/h4-5,7-8H,6,12H2,1-3H3. The molecule has 0 amide bonds. The van der Waals surface area contributed by atoms with Crippen molar-refractivity contribution in [1.29, 1.82) is 0 Å². The third-order valence-electron chi connectivity index (χ3n) is 2.01. The van der Waals surface area contributed by atoms with Gasteiger partial charge in [0.15, 0.2) is 0 Å². The van der Waals surface area contributed by atoms with E-state index in [1.54, 1.807) is 18.9 Å². The van der Waals surface area contributed by atoms with E-state index < -0.39 is 0 Å². The summed E-state index contributed by atoms with van der Waals surface area (Å²) < 4.78 is 5.30. The first-order valence-corrected chi connectivity index (χ1v) is 5.86. The Morgan fingerprint density at radius 3 is 2.71 bits per heavy atom. The van der Waals surface area contributed by atoms with E-state index in [0.717, 1.165) is 12.2 Å². The summed E-state index contributed by atoms with van der Waals surface area (Å²) in [6.45, 7) is 2.01. The molecule has 1 atom stereocenters. The van der Waals surface area contributed by atoms with Crippen LogP contribution in [0, 0.1) is 0 Å². The largest absolute Gasteiger partial charge is 0.496 e. The molecule has 0 saturated carbocycles. The smallest absolute Gasteiger partial charge is 0.132 e. The van der Waals surface area contributed by atoms with E-state index in [1.807, 2.05) is 13.2 Å². The fraction of sp³-hybridized carbons (Fsp3) is 0.455. The first-order valence-electron chi connectivity index (χ1n) is 4.64. The molecule has 0 fully saturated rings. The molecule has 0 aliphatic carbocycles. The molecule has 14 heavy (non-hydrogen) atoms. The van der Waals surface area contributed by atoms with E-state index in [4.69, 9.17) is 10.5 Å². The maximum Gasteiger partial charge on any atom is 0.132 e. The molecule has 0 bridgehead atoms. The molecule has 0 aromatic heterocycles. The van der Waals surface area contributed by atoms with Crippen LogP contribution in [-0.4, -0.2) is 19.4 Å². The molecule has 2 nitrogen and oxygen atoms in total. The van der Waals surface area contributed by atoms with Crippen LogP contribution < -0.4 is 10.5 Å². The van der Waals surface area contributed by atoms with Gasteiger partial charge in [0.05, 0.1) is 7.11 Å². The van der Waals surface area contributed by atoms with E-state index in [2.05, 4.69) is 18.2 Å². The number of hydrogen-bond acceptors (Lipinski definition) is 3. The Bertz CT molecular complexity index is 299. The van der Waals surface area contributed by atoms with Crippen LogP contribution in [0.25, 0.3) is 0 Å². The monoisotopic (exact) mass is 211 g/mol. The van der Waals surface area contributed by atoms with Gasteiger partial charge in [0.1, 0.15) is 5.75 Å². The summed E-state index contributed by atoms with van der Waals surface area (Å²) in [5, 5.41) is 0. The second-order valence-electron chi connectivity index (χ2n) is 3.37. The van der Waals surface area contributed by atoms with Gasteiger partial charge in [0, 0.05) is 10.9 Å². The molecule has 0 aliphatic rings. The van der Waals surface area contributed by atoms with Gasteiger partial charge in [-0.2, -0.15) is 0 Å². The lowest BCUT2D eigenvalue weighted by Gasteiger charge is -2.10. The fourth-order valence-corrected chi connectivity index (χ4v) is 1.93. The molecule has 1 aromatic carbocycles. The van der Waals surface area contributed by atoms with Crippen molar-refractivity contribution >= 4 is 11.8 Å². The van der Waals surface area contributed by atoms with Gasteiger partial charge in [-0.1, -0.05) is 6.07 Å². The molecular weight excluding hydrogens is 194 g/mol. The van der Waals surface area contributed by atoms with Crippen molar-refractivity contribution in [2.24, 2.45) is 5.73 Å². The van der Waals surface area contributed by atoms with Crippen molar-refractivity contribution in [3.8, 4) is 5.75 Å². The summed E-state index contributed by atoms with van der Waals surface area (Å²) in [4.78, 5) is 1.17. The topological polar surface area (TPSA) is 35.2 Å². The van der Waals surface area contributed by atoms with Crippen LogP contribution in [0.3, 0.4) is 0 Å². The number of ether oxygens (including phenoxy) is 1. The third-order valence-corrected chi connectivity index (χ3v) is 2.78. The van der Waals surface area contributed by atoms with Crippen LogP contribution in [0.5, 0.6) is 5.75 Å². The molecule has 0 heterocycles. The summed E-state index contributed by atoms with van der Waals surface area (Å²) in [6, 6.07) is 6.45. The Labute approximate surface area is 89.8 Å². The Balaban J connectivity index is 2.89. The van der Waals surface area contributed by atoms with E-state index in [1.165, 1.54) is 10.5 Å². The Kier molecular flexibility index (Phi) is 4.29. The lowest BCUT2D eigenvalue weighted by atomic mass is 10.1. The lowest BCUT2D eigenvalue weighted by Crippen LogP contribution is -2.17. The van der Waals surface area contributed by atoms with Gasteiger partial charge < -0.3 is 10.5 Å². The Morgan fingerprint density at radius 1 is 1.50 bits per heavy atom. The van der Waals surface area contributed by atoms with Crippen molar-refractivity contribution in [3.05, 3.63) is 23.8 Å². The Hall–Kier alpha value is -0.670. The lowest BCUT2D eigenvalue weighted by molar-refractivity contribution is 0.404. The molecule has 78 valence electrons. The van der Waals surface area contributed by atoms with Crippen molar-refractivity contribution in [1.82, 2.24) is 0 Å². The van der Waals surface area contributed by atoms with Crippen LogP contribution in [-0.2, 0) is 6.42 Å². The molecule has 1 aromatic rings. The zero-order valence-electron chi connectivity index (χ0n) is 8.91. The minimum Gasteiger partial charge on any atom is -0.496 e. The predicted octanol–water partition coefficient (Wildman–Crippen LogP) is 2.31. The molecule has 0 spiro atoms. The minimum absolute atomic E-state index is 0.194. The average molecular weight is 211 g/mol. The first kappa shape index (κ1) is 11.4. The summed E-state index contributed by atoms with van der Waals surface area (Å²) in [7, 11) is 1.70. The summed E-state index contributed by atoms with van der Waals surface area (Å²) in [6.07, 6.45) is 2.94. The van der Waals surface area contributed by atoms with Gasteiger partial charge in [-0.3, -0.25) is 0 Å². The van der Waals surface area contributed by atoms with E-state index in [9.17, 15) is 0 Å². The van der Waals surface area contributed by atoms with Gasteiger partial charge in [-0.25, -0.2) is 0 Å². The van der Waals surface area contributed by atoms with Crippen molar-refractivity contribution in [2.45, 2.75) is 24.3 Å². The van der Waals surface area contributed by atoms with Gasteiger partial charge in [-0.05, 0) is 37.3 Å². The highest BCUT2D eigenvalue weighted by molar-refractivity contribution is 7.98. The number of methoxy groups -OCH3 is 1. The number of hydrogen-bond donors (Lipinski definition) is 1. The second-order valence-corrected chi connectivity index (χ2v) is 4.22. The fourth-order valence-electron chi connectivity index (χ4n) is 1.38. The predicted molar refractivity (Wildman–Crippen MR) is 62.1 cm³/mol. The molecule has 2 N–H and O–H groups in total. The van der Waals surface area contributed by atoms with Crippen LogP contribution in [0.1, 0.15) is 12.5 Å². The summed E-state index contributed by atoms with van der Waals surface area (Å²) >= 11 is 1.69. The molecule has 1 rings (SSSR count). The van der Waals surface area contributed by atoms with Crippen LogP contribution >= 0.6 is 11.8 Å². The highest BCUT2D eigenvalue weighted by Crippen LogP contribution is 2.28. The molecule has 3 heteroatoms. The summed E-state index contributed by atoms with van der Waals surface area (Å²) in [5.74, 6) is 0.940. The van der Waals surface area contributed by atoms with Gasteiger partial charge in [-0.15, -0.1) is 11.8 Å². The maximum atomic E-state index is 5.74. The molecule has 1 unspecified atom stereocenters. The molecule has 0 aliphatic heterocycles. The SMILES string of the molecule is COc1cc(CC(C)N)ccc1SC.